The summed E-state index contributed by atoms with van der Waals surface area (Å²) in [6.07, 6.45) is 2.15. The van der Waals surface area contributed by atoms with E-state index in [1.54, 1.807) is 24.3 Å². The lowest BCUT2D eigenvalue weighted by atomic mass is 10.1. The van der Waals surface area contributed by atoms with Crippen LogP contribution in [0.2, 0.25) is 0 Å². The molecule has 3 amide bonds. The van der Waals surface area contributed by atoms with Crippen molar-refractivity contribution in [3.63, 3.8) is 0 Å². The van der Waals surface area contributed by atoms with E-state index in [1.807, 2.05) is 6.07 Å². The van der Waals surface area contributed by atoms with Gasteiger partial charge in [-0.3, -0.25) is 10.1 Å². The Labute approximate surface area is 174 Å². The van der Waals surface area contributed by atoms with Gasteiger partial charge >= 0.3 is 6.03 Å². The average molecular weight is 428 g/mol. The molecule has 10 heteroatoms. The number of amides is 3. The van der Waals surface area contributed by atoms with Crippen LogP contribution in [-0.4, -0.2) is 56.2 Å². The monoisotopic (exact) mass is 428 g/mol. The Morgan fingerprint density at radius 3 is 2.63 bits per heavy atom. The lowest BCUT2D eigenvalue weighted by Crippen LogP contribution is -2.52. The van der Waals surface area contributed by atoms with Crippen LogP contribution in [0.4, 0.5) is 4.79 Å². The van der Waals surface area contributed by atoms with Crippen LogP contribution >= 0.6 is 0 Å². The number of carbonyl (C=O) groups excluding carboxylic acids is 2. The molecule has 1 saturated heterocycles. The number of nitrogens with one attached hydrogen (secondary N) is 2. The maximum absolute atomic E-state index is 12.7. The molecule has 0 aromatic heterocycles. The Morgan fingerprint density at radius 1 is 1.30 bits per heavy atom. The minimum Gasteiger partial charge on any atom is -0.495 e. The molecule has 1 fully saturated rings. The number of nitriles is 1. The van der Waals surface area contributed by atoms with Crippen molar-refractivity contribution in [2.24, 2.45) is 0 Å². The number of ether oxygens (including phenoxy) is 1. The van der Waals surface area contributed by atoms with E-state index in [2.05, 4.69) is 22.5 Å². The van der Waals surface area contributed by atoms with E-state index in [4.69, 9.17) is 10.00 Å². The number of imide groups is 1. The second-order valence-electron chi connectivity index (χ2n) is 7.11. The fourth-order valence-corrected chi connectivity index (χ4v) is 4.95. The molecule has 1 aromatic rings. The molecule has 3 rings (SSSR count). The predicted octanol–water partition coefficient (Wildman–Crippen LogP) is 0.478. The Hall–Kier alpha value is -3.34. The molecule has 1 aromatic carbocycles. The molecule has 1 atom stereocenters. The molecular weight excluding hydrogens is 408 g/mol. The van der Waals surface area contributed by atoms with Gasteiger partial charge in [-0.1, -0.05) is 17.9 Å². The van der Waals surface area contributed by atoms with Gasteiger partial charge in [-0.2, -0.15) is 9.57 Å². The number of hydrogen-bond donors (Lipinski definition) is 2. The van der Waals surface area contributed by atoms with Crippen LogP contribution in [0.1, 0.15) is 24.5 Å². The van der Waals surface area contributed by atoms with Crippen molar-refractivity contribution in [1.29, 1.82) is 5.26 Å². The zero-order valence-corrected chi connectivity index (χ0v) is 17.3. The van der Waals surface area contributed by atoms with E-state index in [0.29, 0.717) is 23.3 Å². The first kappa shape index (κ1) is 21.4. The first-order valence-electron chi connectivity index (χ1n) is 9.07. The summed E-state index contributed by atoms with van der Waals surface area (Å²) in [6, 6.07) is 6.36. The fourth-order valence-electron chi connectivity index (χ4n) is 3.17. The van der Waals surface area contributed by atoms with Gasteiger partial charge in [-0.25, -0.2) is 13.2 Å². The van der Waals surface area contributed by atoms with Gasteiger partial charge in [0.2, 0.25) is 10.0 Å². The van der Waals surface area contributed by atoms with Crippen LogP contribution < -0.4 is 15.4 Å². The molecular formula is C20H20N4O5S. The summed E-state index contributed by atoms with van der Waals surface area (Å²) in [6.45, 7) is 1.74. The number of methoxy groups -OCH3 is 1. The van der Waals surface area contributed by atoms with Crippen molar-refractivity contribution < 1.29 is 22.7 Å². The van der Waals surface area contributed by atoms with Gasteiger partial charge in [-0.15, -0.1) is 0 Å². The molecule has 2 aliphatic rings. The molecule has 0 spiro atoms. The topological polar surface area (TPSA) is 129 Å². The molecule has 2 heterocycles. The van der Waals surface area contributed by atoms with Crippen molar-refractivity contribution in [1.82, 2.24) is 14.9 Å². The first-order chi connectivity index (χ1) is 14.2. The van der Waals surface area contributed by atoms with E-state index in [9.17, 15) is 18.0 Å². The lowest BCUT2D eigenvalue weighted by Gasteiger charge is -2.28. The minimum absolute atomic E-state index is 0.134. The zero-order valence-electron chi connectivity index (χ0n) is 16.5. The Balaban J connectivity index is 1.69. The first-order valence-corrected chi connectivity index (χ1v) is 10.7. The number of rotatable bonds is 4. The van der Waals surface area contributed by atoms with Crippen molar-refractivity contribution in [2.45, 2.75) is 18.9 Å². The van der Waals surface area contributed by atoms with E-state index in [-0.39, 0.29) is 13.1 Å². The largest absolute Gasteiger partial charge is 0.495 e. The fraction of sp³-hybridized carbons (Fsp3) is 0.350. The number of sulfonamides is 1. The third-order valence-corrected chi connectivity index (χ3v) is 6.90. The highest BCUT2D eigenvalue weighted by Crippen LogP contribution is 2.21. The van der Waals surface area contributed by atoms with E-state index >= 15 is 0 Å². The summed E-state index contributed by atoms with van der Waals surface area (Å²) in [5.74, 6) is 5.28. The molecule has 0 unspecified atom stereocenters. The molecule has 30 heavy (non-hydrogen) atoms. The number of carbonyl (C=O) groups is 2. The molecule has 156 valence electrons. The summed E-state index contributed by atoms with van der Waals surface area (Å²) < 4.78 is 31.8. The van der Waals surface area contributed by atoms with E-state index in [1.165, 1.54) is 18.3 Å². The van der Waals surface area contributed by atoms with Crippen LogP contribution in [0, 0.1) is 23.2 Å². The average Bonchev–Trinajstić information content (AvgIpc) is 2.96. The highest BCUT2D eigenvalue weighted by molar-refractivity contribution is 7.89. The zero-order chi connectivity index (χ0) is 21.9. The van der Waals surface area contributed by atoms with Gasteiger partial charge in [0, 0.05) is 24.2 Å². The van der Waals surface area contributed by atoms with Gasteiger partial charge in [0.15, 0.2) is 0 Å². The molecule has 2 aliphatic heterocycles. The second-order valence-corrected chi connectivity index (χ2v) is 9.08. The van der Waals surface area contributed by atoms with E-state index < -0.39 is 33.3 Å². The molecule has 2 N–H and O–H groups in total. The Kier molecular flexibility index (Phi) is 5.83. The van der Waals surface area contributed by atoms with Gasteiger partial charge in [0.1, 0.15) is 17.4 Å². The normalized spacial score (nSPS) is 21.6. The highest BCUT2D eigenvalue weighted by atomic mass is 32.2. The number of hydrogen-bond acceptors (Lipinski definition) is 6. The van der Waals surface area contributed by atoms with Gasteiger partial charge in [-0.05, 0) is 31.5 Å². The van der Waals surface area contributed by atoms with Crippen LogP contribution in [0.3, 0.4) is 0 Å². The van der Waals surface area contributed by atoms with Crippen molar-refractivity contribution in [2.75, 3.05) is 26.0 Å². The molecule has 0 bridgehead atoms. The maximum Gasteiger partial charge on any atom is 0.322 e. The van der Waals surface area contributed by atoms with Gasteiger partial charge < -0.3 is 10.1 Å². The number of urea groups is 1. The number of nitrogens with zero attached hydrogens (tertiary/aromatic N) is 2. The summed E-state index contributed by atoms with van der Waals surface area (Å²) in [5, 5.41) is 13.5. The van der Waals surface area contributed by atoms with E-state index in [0.717, 1.165) is 5.57 Å². The molecule has 0 aliphatic carbocycles. The van der Waals surface area contributed by atoms with Crippen LogP contribution in [0.25, 0.3) is 0 Å². The highest BCUT2D eigenvalue weighted by Gasteiger charge is 2.46. The number of benzene rings is 1. The SMILES string of the molecule is COc1cc(C#CC2=CCN(S(=O)(=O)C[C@]3(C)NC(=O)NC3=O)CC2)ccc1C#N. The standard InChI is InChI=1S/C20H20N4O5S/c1-20(18(25)22-19(26)23-20)13-30(27,28)24-9-7-14(8-10-24)3-4-15-5-6-16(12-21)17(11-15)29-2/h5-7,11H,8-10,13H2,1-2H3,(H2,22,23,25,26)/t20-/m0/s1. The Morgan fingerprint density at radius 2 is 2.07 bits per heavy atom. The molecule has 0 radical (unpaired) electrons. The third kappa shape index (κ3) is 4.46. The quantitative estimate of drug-likeness (QED) is 0.530. The van der Waals surface area contributed by atoms with Crippen molar-refractivity contribution in [3.05, 3.63) is 41.0 Å². The summed E-state index contributed by atoms with van der Waals surface area (Å²) in [4.78, 5) is 23.2. The van der Waals surface area contributed by atoms with Gasteiger partial charge in [0.25, 0.3) is 5.91 Å². The van der Waals surface area contributed by atoms with Crippen LogP contribution in [0.5, 0.6) is 5.75 Å². The smallest absolute Gasteiger partial charge is 0.322 e. The van der Waals surface area contributed by atoms with Crippen molar-refractivity contribution in [3.8, 4) is 23.7 Å². The lowest BCUT2D eigenvalue weighted by molar-refractivity contribution is -0.122. The van der Waals surface area contributed by atoms with Gasteiger partial charge in [0.05, 0.1) is 18.4 Å². The third-order valence-electron chi connectivity index (χ3n) is 4.84. The second kappa shape index (κ2) is 8.19. The molecule has 0 saturated carbocycles. The summed E-state index contributed by atoms with van der Waals surface area (Å²) in [7, 11) is -2.29. The molecule has 9 nitrogen and oxygen atoms in total. The maximum atomic E-state index is 12.7. The van der Waals surface area contributed by atoms with Crippen LogP contribution in [0.15, 0.2) is 29.8 Å². The Bertz CT molecular complexity index is 1140. The minimum atomic E-state index is -3.77. The van der Waals surface area contributed by atoms with Crippen LogP contribution in [-0.2, 0) is 14.8 Å². The van der Waals surface area contributed by atoms with Crippen molar-refractivity contribution >= 4 is 22.0 Å². The summed E-state index contributed by atoms with van der Waals surface area (Å²) in [5.41, 5.74) is 0.399. The predicted molar refractivity (Wildman–Crippen MR) is 108 cm³/mol. The summed E-state index contributed by atoms with van der Waals surface area (Å²) >= 11 is 0.